The Bertz CT molecular complexity index is 797. The summed E-state index contributed by atoms with van der Waals surface area (Å²) in [6.45, 7) is 4.29. The second kappa shape index (κ2) is 7.57. The molecule has 1 aliphatic heterocycles. The highest BCUT2D eigenvalue weighted by molar-refractivity contribution is 5.68. The number of aromatic nitrogens is 2. The topological polar surface area (TPSA) is 102 Å². The lowest BCUT2D eigenvalue weighted by molar-refractivity contribution is 0.317. The second-order valence-electron chi connectivity index (χ2n) is 6.25. The van der Waals surface area contributed by atoms with Gasteiger partial charge in [0.05, 0.1) is 12.3 Å². The summed E-state index contributed by atoms with van der Waals surface area (Å²) in [4.78, 5) is 16.6. The van der Waals surface area contributed by atoms with Crippen molar-refractivity contribution in [3.8, 4) is 22.8 Å². The van der Waals surface area contributed by atoms with Gasteiger partial charge in [-0.2, -0.15) is 0 Å². The number of hydrogen-bond donors (Lipinski definition) is 3. The van der Waals surface area contributed by atoms with E-state index in [-0.39, 0.29) is 23.2 Å². The van der Waals surface area contributed by atoms with E-state index in [0.29, 0.717) is 30.2 Å². The molecule has 0 amide bonds. The Morgan fingerprint density at radius 2 is 2.32 bits per heavy atom. The predicted octanol–water partition coefficient (Wildman–Crippen LogP) is 1.91. The van der Waals surface area contributed by atoms with Gasteiger partial charge < -0.3 is 25.5 Å². The van der Waals surface area contributed by atoms with E-state index in [0.717, 1.165) is 25.8 Å². The van der Waals surface area contributed by atoms with Gasteiger partial charge in [0, 0.05) is 24.3 Å². The lowest BCUT2D eigenvalue weighted by atomic mass is 10.1. The molecule has 134 valence electrons. The summed E-state index contributed by atoms with van der Waals surface area (Å²) in [7, 11) is 0. The van der Waals surface area contributed by atoms with Crippen LogP contribution < -0.4 is 21.3 Å². The van der Waals surface area contributed by atoms with Gasteiger partial charge in [0.1, 0.15) is 11.5 Å². The Balaban J connectivity index is 2.02. The summed E-state index contributed by atoms with van der Waals surface area (Å²) in [6, 6.07) is 5.03. The number of rotatable bonds is 5. The highest BCUT2D eigenvalue weighted by Crippen LogP contribution is 2.32. The smallest absolute Gasteiger partial charge is 0.293 e. The number of piperidine rings is 1. The van der Waals surface area contributed by atoms with Gasteiger partial charge in [0.15, 0.2) is 5.82 Å². The molecule has 1 saturated heterocycles. The van der Waals surface area contributed by atoms with Crippen LogP contribution in [0.5, 0.6) is 11.5 Å². The first-order chi connectivity index (χ1) is 12.1. The molecular weight excluding hydrogens is 320 g/mol. The molecule has 1 atom stereocenters. The summed E-state index contributed by atoms with van der Waals surface area (Å²) in [6.07, 6.45) is 4.47. The number of nitrogen functional groups attached to an aromatic ring is 1. The van der Waals surface area contributed by atoms with Crippen LogP contribution in [0.25, 0.3) is 11.3 Å². The first-order valence-electron chi connectivity index (χ1n) is 8.65. The molecule has 2 heterocycles. The lowest BCUT2D eigenvalue weighted by Gasteiger charge is -2.25. The Morgan fingerprint density at radius 3 is 3.04 bits per heavy atom. The normalized spacial score (nSPS) is 17.4. The quantitative estimate of drug-likeness (QED) is 0.766. The molecule has 4 N–H and O–H groups in total. The van der Waals surface area contributed by atoms with Crippen molar-refractivity contribution in [2.45, 2.75) is 32.2 Å². The second-order valence-corrected chi connectivity index (χ2v) is 6.25. The largest absolute Gasteiger partial charge is 0.507 e. The van der Waals surface area contributed by atoms with E-state index in [9.17, 15) is 9.90 Å². The van der Waals surface area contributed by atoms with Crippen LogP contribution in [-0.2, 0) is 0 Å². The summed E-state index contributed by atoms with van der Waals surface area (Å²) in [5, 5.41) is 13.5. The van der Waals surface area contributed by atoms with Gasteiger partial charge in [0.2, 0.25) is 0 Å². The summed E-state index contributed by atoms with van der Waals surface area (Å²) < 4.78 is 7.25. The molecule has 2 aromatic rings. The van der Waals surface area contributed by atoms with E-state index in [1.807, 2.05) is 6.92 Å². The third-order valence-electron chi connectivity index (χ3n) is 4.34. The number of hydrogen-bond acceptors (Lipinski definition) is 6. The van der Waals surface area contributed by atoms with Crippen molar-refractivity contribution < 1.29 is 9.84 Å². The number of anilines is 1. The Hall–Kier alpha value is -2.54. The third kappa shape index (κ3) is 3.76. The molecule has 1 aromatic heterocycles. The first kappa shape index (κ1) is 17.3. The van der Waals surface area contributed by atoms with E-state index >= 15 is 0 Å². The van der Waals surface area contributed by atoms with Crippen LogP contribution in [0, 0.1) is 0 Å². The third-order valence-corrected chi connectivity index (χ3v) is 4.34. The lowest BCUT2D eigenvalue weighted by Crippen LogP contribution is -2.37. The summed E-state index contributed by atoms with van der Waals surface area (Å²) in [5.74, 6) is 0.650. The van der Waals surface area contributed by atoms with Crippen LogP contribution in [0.3, 0.4) is 0 Å². The van der Waals surface area contributed by atoms with Gasteiger partial charge in [-0.05, 0) is 44.0 Å². The van der Waals surface area contributed by atoms with Crippen LogP contribution >= 0.6 is 0 Å². The van der Waals surface area contributed by atoms with E-state index < -0.39 is 0 Å². The average molecular weight is 344 g/mol. The number of ether oxygens (including phenoxy) is 1. The molecular formula is C18H24N4O3. The Labute approximate surface area is 146 Å². The number of benzene rings is 1. The monoisotopic (exact) mass is 344 g/mol. The van der Waals surface area contributed by atoms with E-state index in [1.165, 1.54) is 0 Å². The van der Waals surface area contributed by atoms with Gasteiger partial charge in [-0.1, -0.05) is 6.92 Å². The minimum atomic E-state index is -0.296. The maximum absolute atomic E-state index is 12.4. The fraction of sp³-hybridized carbons (Fsp3) is 0.444. The van der Waals surface area contributed by atoms with Crippen molar-refractivity contribution in [3.63, 3.8) is 0 Å². The molecule has 0 spiro atoms. The van der Waals surface area contributed by atoms with E-state index in [4.69, 9.17) is 10.5 Å². The number of nitrogens with one attached hydrogen (secondary N) is 1. The van der Waals surface area contributed by atoms with Gasteiger partial charge in [-0.15, -0.1) is 0 Å². The van der Waals surface area contributed by atoms with Gasteiger partial charge >= 0.3 is 0 Å². The maximum Gasteiger partial charge on any atom is 0.293 e. The van der Waals surface area contributed by atoms with Gasteiger partial charge in [-0.25, -0.2) is 4.98 Å². The fourth-order valence-electron chi connectivity index (χ4n) is 3.03. The number of aromatic hydroxyl groups is 1. The number of phenols is 1. The van der Waals surface area contributed by atoms with E-state index in [1.54, 1.807) is 29.0 Å². The van der Waals surface area contributed by atoms with Gasteiger partial charge in [0.25, 0.3) is 5.56 Å². The Kier molecular flexibility index (Phi) is 5.23. The van der Waals surface area contributed by atoms with Crippen LogP contribution in [-0.4, -0.2) is 34.4 Å². The number of phenolic OH excluding ortho intramolecular Hbond substituents is 1. The molecule has 25 heavy (non-hydrogen) atoms. The zero-order chi connectivity index (χ0) is 17.8. The van der Waals surface area contributed by atoms with Crippen LogP contribution in [0.1, 0.15) is 32.2 Å². The van der Waals surface area contributed by atoms with Crippen molar-refractivity contribution in [3.05, 3.63) is 34.7 Å². The molecule has 7 nitrogen and oxygen atoms in total. The zero-order valence-electron chi connectivity index (χ0n) is 14.4. The standard InChI is InChI=1S/C18H24N4O3/c1-2-8-25-13-5-6-16(23)14(9-13)15-11-22(18(24)17(19)21-15)12-4-3-7-20-10-12/h5-6,9,11-12,20,23H,2-4,7-8,10H2,1H3,(H2,19,21). The predicted molar refractivity (Wildman–Crippen MR) is 96.9 cm³/mol. The first-order valence-corrected chi connectivity index (χ1v) is 8.65. The summed E-state index contributed by atoms with van der Waals surface area (Å²) >= 11 is 0. The van der Waals surface area contributed by atoms with Crippen molar-refractivity contribution >= 4 is 5.82 Å². The molecule has 1 unspecified atom stereocenters. The molecule has 0 aliphatic carbocycles. The van der Waals surface area contributed by atoms with Crippen molar-refractivity contribution in [2.24, 2.45) is 0 Å². The minimum Gasteiger partial charge on any atom is -0.507 e. The van der Waals surface area contributed by atoms with Crippen molar-refractivity contribution in [2.75, 3.05) is 25.4 Å². The van der Waals surface area contributed by atoms with Crippen molar-refractivity contribution in [1.29, 1.82) is 0 Å². The molecule has 0 bridgehead atoms. The fourth-order valence-corrected chi connectivity index (χ4v) is 3.03. The SMILES string of the molecule is CCCOc1ccc(O)c(-c2cn(C3CCCNC3)c(=O)c(N)n2)c1. The molecule has 1 aliphatic rings. The minimum absolute atomic E-state index is 0.0342. The number of nitrogens with two attached hydrogens (primary N) is 1. The molecule has 1 fully saturated rings. The molecule has 0 radical (unpaired) electrons. The summed E-state index contributed by atoms with van der Waals surface area (Å²) in [5.41, 5.74) is 6.52. The van der Waals surface area contributed by atoms with E-state index in [2.05, 4.69) is 10.3 Å². The molecule has 1 aromatic carbocycles. The maximum atomic E-state index is 12.4. The van der Waals surface area contributed by atoms with Crippen LogP contribution in [0.2, 0.25) is 0 Å². The number of nitrogens with zero attached hydrogens (tertiary/aromatic N) is 2. The zero-order valence-corrected chi connectivity index (χ0v) is 14.4. The van der Waals surface area contributed by atoms with Crippen LogP contribution in [0.4, 0.5) is 5.82 Å². The average Bonchev–Trinajstić information content (AvgIpc) is 2.64. The highest BCUT2D eigenvalue weighted by atomic mass is 16.5. The van der Waals surface area contributed by atoms with Crippen LogP contribution in [0.15, 0.2) is 29.2 Å². The molecule has 3 rings (SSSR count). The van der Waals surface area contributed by atoms with Gasteiger partial charge in [-0.3, -0.25) is 4.79 Å². The van der Waals surface area contributed by atoms with Crippen molar-refractivity contribution in [1.82, 2.24) is 14.9 Å². The Morgan fingerprint density at radius 1 is 1.48 bits per heavy atom. The highest BCUT2D eigenvalue weighted by Gasteiger charge is 2.19. The molecule has 0 saturated carbocycles. The molecule has 7 heteroatoms.